The SMILES string of the molecule is O=S(=O)(c1ccccc1)N1CCN(c2cncc(Cl)n2)CC1. The molecule has 0 atom stereocenters. The van der Waals surface area contributed by atoms with Gasteiger partial charge >= 0.3 is 0 Å². The number of nitrogens with zero attached hydrogens (tertiary/aromatic N) is 4. The molecule has 0 saturated carbocycles. The maximum absolute atomic E-state index is 12.5. The first-order chi connectivity index (χ1) is 10.6. The van der Waals surface area contributed by atoms with Crippen molar-refractivity contribution in [1.82, 2.24) is 14.3 Å². The average Bonchev–Trinajstić information content (AvgIpc) is 2.56. The van der Waals surface area contributed by atoms with Gasteiger partial charge in [-0.3, -0.25) is 4.98 Å². The number of rotatable bonds is 3. The van der Waals surface area contributed by atoms with Gasteiger partial charge in [0.25, 0.3) is 0 Å². The molecule has 1 saturated heterocycles. The van der Waals surface area contributed by atoms with Gasteiger partial charge in [0.1, 0.15) is 11.0 Å². The molecule has 0 unspecified atom stereocenters. The first-order valence-electron chi connectivity index (χ1n) is 6.85. The lowest BCUT2D eigenvalue weighted by Crippen LogP contribution is -2.48. The fourth-order valence-electron chi connectivity index (χ4n) is 2.38. The summed E-state index contributed by atoms with van der Waals surface area (Å²) in [5.41, 5.74) is 0. The van der Waals surface area contributed by atoms with E-state index >= 15 is 0 Å². The molecule has 3 rings (SSSR count). The molecule has 0 spiro atoms. The fraction of sp³-hybridized carbons (Fsp3) is 0.286. The molecule has 6 nitrogen and oxygen atoms in total. The second kappa shape index (κ2) is 6.20. The molecule has 116 valence electrons. The van der Waals surface area contributed by atoms with Crippen LogP contribution in [0.1, 0.15) is 0 Å². The van der Waals surface area contributed by atoms with Gasteiger partial charge in [-0.15, -0.1) is 0 Å². The zero-order valence-corrected chi connectivity index (χ0v) is 13.3. The molecule has 2 heterocycles. The standard InChI is InChI=1S/C14H15ClN4O2S/c15-13-10-16-11-14(17-13)18-6-8-19(9-7-18)22(20,21)12-4-2-1-3-5-12/h1-5,10-11H,6-9H2. The Bertz CT molecular complexity index is 746. The van der Waals surface area contributed by atoms with Crippen LogP contribution in [0, 0.1) is 0 Å². The van der Waals surface area contributed by atoms with Crippen LogP contribution < -0.4 is 4.90 Å². The van der Waals surface area contributed by atoms with Crippen molar-refractivity contribution in [3.8, 4) is 0 Å². The highest BCUT2D eigenvalue weighted by Crippen LogP contribution is 2.20. The molecular formula is C14H15ClN4O2S. The van der Waals surface area contributed by atoms with Gasteiger partial charge in [-0.25, -0.2) is 13.4 Å². The van der Waals surface area contributed by atoms with E-state index in [1.807, 2.05) is 4.90 Å². The van der Waals surface area contributed by atoms with Crippen LogP contribution in [0.4, 0.5) is 5.82 Å². The van der Waals surface area contributed by atoms with Gasteiger partial charge in [0, 0.05) is 26.2 Å². The average molecular weight is 339 g/mol. The van der Waals surface area contributed by atoms with E-state index in [9.17, 15) is 8.42 Å². The highest BCUT2D eigenvalue weighted by molar-refractivity contribution is 7.89. The molecule has 2 aromatic rings. The largest absolute Gasteiger partial charge is 0.353 e. The molecule has 0 amide bonds. The van der Waals surface area contributed by atoms with E-state index in [4.69, 9.17) is 11.6 Å². The van der Waals surface area contributed by atoms with Crippen molar-refractivity contribution in [2.75, 3.05) is 31.1 Å². The zero-order valence-electron chi connectivity index (χ0n) is 11.8. The first kappa shape index (κ1) is 15.2. The predicted octanol–water partition coefficient (Wildman–Crippen LogP) is 1.64. The van der Waals surface area contributed by atoms with Crippen molar-refractivity contribution < 1.29 is 8.42 Å². The number of anilines is 1. The molecule has 1 aromatic heterocycles. The van der Waals surface area contributed by atoms with E-state index in [1.54, 1.807) is 36.5 Å². The molecule has 1 aromatic carbocycles. The minimum atomic E-state index is -3.43. The van der Waals surface area contributed by atoms with E-state index in [1.165, 1.54) is 10.5 Å². The molecule has 22 heavy (non-hydrogen) atoms. The highest BCUT2D eigenvalue weighted by Gasteiger charge is 2.28. The Balaban J connectivity index is 1.72. The van der Waals surface area contributed by atoms with Crippen molar-refractivity contribution in [2.24, 2.45) is 0 Å². The third-order valence-corrected chi connectivity index (χ3v) is 5.63. The summed E-state index contributed by atoms with van der Waals surface area (Å²) in [5.74, 6) is 0.671. The van der Waals surface area contributed by atoms with Crippen molar-refractivity contribution >= 4 is 27.4 Å². The summed E-state index contributed by atoms with van der Waals surface area (Å²) in [4.78, 5) is 10.5. The van der Waals surface area contributed by atoms with Crippen LogP contribution in [-0.4, -0.2) is 48.9 Å². The van der Waals surface area contributed by atoms with Gasteiger partial charge in [-0.05, 0) is 12.1 Å². The summed E-state index contributed by atoms with van der Waals surface area (Å²) in [6.45, 7) is 1.93. The van der Waals surface area contributed by atoms with Crippen LogP contribution in [0.3, 0.4) is 0 Å². The van der Waals surface area contributed by atoms with Crippen LogP contribution >= 0.6 is 11.6 Å². The van der Waals surface area contributed by atoms with Crippen molar-refractivity contribution in [3.05, 3.63) is 47.9 Å². The van der Waals surface area contributed by atoms with E-state index < -0.39 is 10.0 Å². The fourth-order valence-corrected chi connectivity index (χ4v) is 3.97. The quantitative estimate of drug-likeness (QED) is 0.851. The molecule has 1 aliphatic rings. The minimum Gasteiger partial charge on any atom is -0.353 e. The van der Waals surface area contributed by atoms with Gasteiger partial charge in [0.2, 0.25) is 10.0 Å². The second-order valence-electron chi connectivity index (χ2n) is 4.90. The van der Waals surface area contributed by atoms with Crippen molar-refractivity contribution in [2.45, 2.75) is 4.90 Å². The van der Waals surface area contributed by atoms with Gasteiger partial charge in [-0.2, -0.15) is 4.31 Å². The van der Waals surface area contributed by atoms with Gasteiger partial charge < -0.3 is 4.90 Å². The normalized spacial score (nSPS) is 16.7. The Morgan fingerprint density at radius 1 is 1.00 bits per heavy atom. The summed E-state index contributed by atoms with van der Waals surface area (Å²) in [6.07, 6.45) is 3.11. The molecule has 0 radical (unpaired) electrons. The van der Waals surface area contributed by atoms with Gasteiger partial charge in [0.15, 0.2) is 0 Å². The summed E-state index contributed by atoms with van der Waals surface area (Å²) in [6, 6.07) is 8.48. The molecular weight excluding hydrogens is 324 g/mol. The lowest BCUT2D eigenvalue weighted by atomic mass is 10.3. The number of aromatic nitrogens is 2. The number of halogens is 1. The lowest BCUT2D eigenvalue weighted by molar-refractivity contribution is 0.383. The summed E-state index contributed by atoms with van der Waals surface area (Å²) in [7, 11) is -3.43. The maximum atomic E-state index is 12.5. The third-order valence-electron chi connectivity index (χ3n) is 3.54. The Labute approximate surface area is 134 Å². The maximum Gasteiger partial charge on any atom is 0.243 e. The molecule has 0 bridgehead atoms. The second-order valence-corrected chi connectivity index (χ2v) is 7.23. The van der Waals surface area contributed by atoms with Crippen molar-refractivity contribution in [1.29, 1.82) is 0 Å². The molecule has 8 heteroatoms. The van der Waals surface area contributed by atoms with Crippen molar-refractivity contribution in [3.63, 3.8) is 0 Å². The molecule has 1 aliphatic heterocycles. The smallest absolute Gasteiger partial charge is 0.243 e. The van der Waals surface area contributed by atoms with Crippen LogP contribution in [0.15, 0.2) is 47.6 Å². The van der Waals surface area contributed by atoms with Crippen LogP contribution in [-0.2, 0) is 10.0 Å². The number of benzene rings is 1. The van der Waals surface area contributed by atoms with Crippen LogP contribution in [0.5, 0.6) is 0 Å². The van der Waals surface area contributed by atoms with E-state index in [0.29, 0.717) is 42.0 Å². The van der Waals surface area contributed by atoms with Gasteiger partial charge in [0.05, 0.1) is 17.3 Å². The predicted molar refractivity (Wildman–Crippen MR) is 84.5 cm³/mol. The van der Waals surface area contributed by atoms with Crippen LogP contribution in [0.2, 0.25) is 5.15 Å². The number of piperazine rings is 1. The summed E-state index contributed by atoms with van der Waals surface area (Å²) < 4.78 is 26.6. The van der Waals surface area contributed by atoms with E-state index in [-0.39, 0.29) is 0 Å². The lowest BCUT2D eigenvalue weighted by Gasteiger charge is -2.34. The summed E-state index contributed by atoms with van der Waals surface area (Å²) >= 11 is 5.84. The number of hydrogen-bond acceptors (Lipinski definition) is 5. The Hall–Kier alpha value is -1.70. The van der Waals surface area contributed by atoms with E-state index in [0.717, 1.165) is 0 Å². The monoisotopic (exact) mass is 338 g/mol. The molecule has 0 aliphatic carbocycles. The first-order valence-corrected chi connectivity index (χ1v) is 8.67. The Morgan fingerprint density at radius 2 is 1.68 bits per heavy atom. The minimum absolute atomic E-state index is 0.325. The van der Waals surface area contributed by atoms with Gasteiger partial charge in [-0.1, -0.05) is 29.8 Å². The highest BCUT2D eigenvalue weighted by atomic mass is 35.5. The zero-order chi connectivity index (χ0) is 15.6. The topological polar surface area (TPSA) is 66.4 Å². The summed E-state index contributed by atoms with van der Waals surface area (Å²) in [5, 5.41) is 0.330. The molecule has 1 fully saturated rings. The van der Waals surface area contributed by atoms with Crippen LogP contribution in [0.25, 0.3) is 0 Å². The Kier molecular flexibility index (Phi) is 4.28. The number of sulfonamides is 1. The molecule has 0 N–H and O–H groups in total. The van der Waals surface area contributed by atoms with E-state index in [2.05, 4.69) is 9.97 Å². The number of hydrogen-bond donors (Lipinski definition) is 0. The Morgan fingerprint density at radius 3 is 2.32 bits per heavy atom. The third kappa shape index (κ3) is 3.06.